The second kappa shape index (κ2) is 3.30. The third kappa shape index (κ3) is 1.88. The van der Waals surface area contributed by atoms with Gasteiger partial charge >= 0.3 is 0 Å². The summed E-state index contributed by atoms with van der Waals surface area (Å²) < 4.78 is 0. The van der Waals surface area contributed by atoms with Crippen LogP contribution in [-0.2, 0) is 0 Å². The Morgan fingerprint density at radius 1 is 1.73 bits per heavy atom. The number of terminal acetylenes is 1. The molecule has 0 atom stereocenters. The topological polar surface area (TPSA) is 12.0 Å². The van der Waals surface area contributed by atoms with Gasteiger partial charge in [-0.2, -0.15) is 0 Å². The molecule has 1 rings (SSSR count). The van der Waals surface area contributed by atoms with Crippen molar-refractivity contribution in [1.29, 1.82) is 0 Å². The molecule has 0 aromatic rings. The Morgan fingerprint density at radius 3 is 2.91 bits per heavy atom. The molecule has 1 nitrogen and oxygen atoms in total. The van der Waals surface area contributed by atoms with Crippen LogP contribution in [0.4, 0.5) is 0 Å². The van der Waals surface area contributed by atoms with Gasteiger partial charge in [0.15, 0.2) is 0 Å². The first-order valence-electron chi connectivity index (χ1n) is 3.82. The number of hydrogen-bond acceptors (Lipinski definition) is 1. The van der Waals surface area contributed by atoms with E-state index in [1.54, 1.807) is 0 Å². The van der Waals surface area contributed by atoms with Crippen LogP contribution >= 0.6 is 0 Å². The van der Waals surface area contributed by atoms with Gasteiger partial charge in [0.1, 0.15) is 0 Å². The molecule has 11 heavy (non-hydrogen) atoms. The fourth-order valence-electron chi connectivity index (χ4n) is 1.17. The Kier molecular flexibility index (Phi) is 2.38. The standard InChI is InChI=1S/C10H13N/c1-4-8(2)7-10-5-6-11-9(10)3/h1,7,11H,5-6H2,2-3H3/b8-7-. The first kappa shape index (κ1) is 7.94. The van der Waals surface area contributed by atoms with Gasteiger partial charge in [-0.25, -0.2) is 0 Å². The summed E-state index contributed by atoms with van der Waals surface area (Å²) in [5.74, 6) is 2.61. The summed E-state index contributed by atoms with van der Waals surface area (Å²) in [5.41, 5.74) is 3.61. The van der Waals surface area contributed by atoms with Crippen LogP contribution in [0.5, 0.6) is 0 Å². The van der Waals surface area contributed by atoms with Crippen LogP contribution in [0.2, 0.25) is 0 Å². The van der Waals surface area contributed by atoms with Crippen molar-refractivity contribution >= 4 is 0 Å². The van der Waals surface area contributed by atoms with Crippen LogP contribution < -0.4 is 5.32 Å². The highest BCUT2D eigenvalue weighted by Gasteiger charge is 2.06. The third-order valence-electron chi connectivity index (χ3n) is 1.88. The van der Waals surface area contributed by atoms with Crippen LogP contribution in [0.1, 0.15) is 20.3 Å². The van der Waals surface area contributed by atoms with E-state index in [-0.39, 0.29) is 0 Å². The van der Waals surface area contributed by atoms with Crippen molar-refractivity contribution in [1.82, 2.24) is 5.32 Å². The van der Waals surface area contributed by atoms with E-state index in [0.29, 0.717) is 0 Å². The molecule has 0 saturated carbocycles. The SMILES string of the molecule is C#C/C(C)=C\C1=C(C)NCC1. The van der Waals surface area contributed by atoms with E-state index in [0.717, 1.165) is 18.5 Å². The lowest BCUT2D eigenvalue weighted by atomic mass is 10.1. The van der Waals surface area contributed by atoms with Crippen molar-refractivity contribution in [2.75, 3.05) is 6.54 Å². The monoisotopic (exact) mass is 147 g/mol. The summed E-state index contributed by atoms with van der Waals surface area (Å²) in [6.07, 6.45) is 8.42. The highest BCUT2D eigenvalue weighted by Crippen LogP contribution is 2.15. The summed E-state index contributed by atoms with van der Waals surface area (Å²) in [7, 11) is 0. The zero-order chi connectivity index (χ0) is 8.27. The van der Waals surface area contributed by atoms with E-state index in [2.05, 4.69) is 24.2 Å². The summed E-state index contributed by atoms with van der Waals surface area (Å²) in [6, 6.07) is 0. The largest absolute Gasteiger partial charge is 0.388 e. The molecular formula is C10H13N. The molecule has 0 aromatic heterocycles. The van der Waals surface area contributed by atoms with E-state index in [1.807, 2.05) is 6.92 Å². The molecule has 0 aromatic carbocycles. The van der Waals surface area contributed by atoms with Gasteiger partial charge in [-0.05, 0) is 37.5 Å². The van der Waals surface area contributed by atoms with Crippen LogP contribution in [-0.4, -0.2) is 6.54 Å². The lowest BCUT2D eigenvalue weighted by Gasteiger charge is -1.95. The Bertz CT molecular complexity index is 251. The van der Waals surface area contributed by atoms with Gasteiger partial charge < -0.3 is 5.32 Å². The van der Waals surface area contributed by atoms with Crippen LogP contribution in [0.25, 0.3) is 0 Å². The molecule has 0 unspecified atom stereocenters. The molecule has 0 fully saturated rings. The van der Waals surface area contributed by atoms with Gasteiger partial charge in [0.05, 0.1) is 0 Å². The molecule has 0 spiro atoms. The minimum absolute atomic E-state index is 1.00. The van der Waals surface area contributed by atoms with E-state index in [1.165, 1.54) is 11.3 Å². The third-order valence-corrected chi connectivity index (χ3v) is 1.88. The Morgan fingerprint density at radius 2 is 2.45 bits per heavy atom. The number of hydrogen-bond donors (Lipinski definition) is 1. The molecule has 0 amide bonds. The van der Waals surface area contributed by atoms with Crippen LogP contribution in [0.3, 0.4) is 0 Å². The molecule has 1 aliphatic heterocycles. The van der Waals surface area contributed by atoms with Gasteiger partial charge in [-0.3, -0.25) is 0 Å². The maximum absolute atomic E-state index is 5.23. The molecular weight excluding hydrogens is 134 g/mol. The van der Waals surface area contributed by atoms with Crippen molar-refractivity contribution in [2.45, 2.75) is 20.3 Å². The fourth-order valence-corrected chi connectivity index (χ4v) is 1.17. The second-order valence-electron chi connectivity index (χ2n) is 2.80. The molecule has 0 radical (unpaired) electrons. The molecule has 0 aliphatic carbocycles. The summed E-state index contributed by atoms with van der Waals surface area (Å²) in [4.78, 5) is 0. The minimum atomic E-state index is 1.00. The van der Waals surface area contributed by atoms with Gasteiger partial charge in [0, 0.05) is 12.2 Å². The van der Waals surface area contributed by atoms with Gasteiger partial charge in [0.25, 0.3) is 0 Å². The number of rotatable bonds is 1. The van der Waals surface area contributed by atoms with Crippen molar-refractivity contribution < 1.29 is 0 Å². The molecule has 1 heteroatoms. The van der Waals surface area contributed by atoms with Crippen molar-refractivity contribution in [2.24, 2.45) is 0 Å². The van der Waals surface area contributed by atoms with E-state index >= 15 is 0 Å². The molecule has 1 aliphatic rings. The summed E-state index contributed by atoms with van der Waals surface area (Å²) in [6.45, 7) is 5.09. The second-order valence-corrected chi connectivity index (χ2v) is 2.80. The minimum Gasteiger partial charge on any atom is -0.388 e. The fraction of sp³-hybridized carbons (Fsp3) is 0.400. The van der Waals surface area contributed by atoms with E-state index in [4.69, 9.17) is 6.42 Å². The van der Waals surface area contributed by atoms with Crippen LogP contribution in [0.15, 0.2) is 22.9 Å². The highest BCUT2D eigenvalue weighted by atomic mass is 14.9. The number of allylic oxidation sites excluding steroid dienone is 3. The summed E-state index contributed by atoms with van der Waals surface area (Å²) >= 11 is 0. The van der Waals surface area contributed by atoms with E-state index in [9.17, 15) is 0 Å². The lowest BCUT2D eigenvalue weighted by molar-refractivity contribution is 0.874. The maximum atomic E-state index is 5.23. The zero-order valence-electron chi connectivity index (χ0n) is 7.07. The van der Waals surface area contributed by atoms with E-state index < -0.39 is 0 Å². The first-order chi connectivity index (χ1) is 5.24. The highest BCUT2D eigenvalue weighted by molar-refractivity contribution is 5.36. The smallest absolute Gasteiger partial charge is 0.0185 e. The number of nitrogens with one attached hydrogen (secondary N) is 1. The normalized spacial score (nSPS) is 18.1. The molecule has 0 saturated heterocycles. The van der Waals surface area contributed by atoms with Crippen molar-refractivity contribution in [3.8, 4) is 12.3 Å². The average molecular weight is 147 g/mol. The van der Waals surface area contributed by atoms with Crippen LogP contribution in [0, 0.1) is 12.3 Å². The molecule has 1 heterocycles. The van der Waals surface area contributed by atoms with Crippen molar-refractivity contribution in [3.05, 3.63) is 22.9 Å². The Hall–Kier alpha value is -1.16. The predicted octanol–water partition coefficient (Wildman–Crippen LogP) is 1.83. The molecule has 0 bridgehead atoms. The quantitative estimate of drug-likeness (QED) is 0.558. The zero-order valence-corrected chi connectivity index (χ0v) is 7.07. The molecule has 1 N–H and O–H groups in total. The Balaban J connectivity index is 2.78. The van der Waals surface area contributed by atoms with Crippen molar-refractivity contribution in [3.63, 3.8) is 0 Å². The maximum Gasteiger partial charge on any atom is 0.0185 e. The lowest BCUT2D eigenvalue weighted by Crippen LogP contribution is -2.03. The average Bonchev–Trinajstić information content (AvgIpc) is 2.37. The first-order valence-corrected chi connectivity index (χ1v) is 3.82. The molecule has 58 valence electrons. The van der Waals surface area contributed by atoms with Gasteiger partial charge in [-0.1, -0.05) is 5.92 Å². The van der Waals surface area contributed by atoms with Gasteiger partial charge in [0.2, 0.25) is 0 Å². The van der Waals surface area contributed by atoms with Gasteiger partial charge in [-0.15, -0.1) is 6.42 Å². The Labute approximate surface area is 68.2 Å². The summed E-state index contributed by atoms with van der Waals surface area (Å²) in [5, 5.41) is 3.27. The predicted molar refractivity (Wildman–Crippen MR) is 47.9 cm³/mol.